The Bertz CT molecular complexity index is 270. The van der Waals surface area contributed by atoms with E-state index in [-0.39, 0.29) is 5.75 Å². The van der Waals surface area contributed by atoms with Gasteiger partial charge < -0.3 is 4.74 Å². The van der Waals surface area contributed by atoms with E-state index in [4.69, 9.17) is 0 Å². The molecule has 1 heterocycles. The van der Waals surface area contributed by atoms with Crippen LogP contribution in [0.3, 0.4) is 0 Å². The number of hydrogen-bond acceptors (Lipinski definition) is 2. The summed E-state index contributed by atoms with van der Waals surface area (Å²) in [6.07, 6.45) is -1.62. The van der Waals surface area contributed by atoms with Crippen LogP contribution in [0.15, 0.2) is 18.3 Å². The van der Waals surface area contributed by atoms with Crippen molar-refractivity contribution >= 4 is 0 Å². The lowest BCUT2D eigenvalue weighted by molar-refractivity contribution is -0.159. The lowest BCUT2D eigenvalue weighted by Crippen LogP contribution is -2.19. The molecule has 66 valence electrons. The summed E-state index contributed by atoms with van der Waals surface area (Å²) >= 11 is 0. The molecule has 0 aromatic carbocycles. The number of hydrogen-bond donors (Lipinski definition) is 0. The standard InChI is InChI=1S/C8H9F2NO/c1-6-7(4-3-5-11-6)12-8(2,9)10/h3-5H,1-2H3. The zero-order valence-electron chi connectivity index (χ0n) is 6.84. The van der Waals surface area contributed by atoms with E-state index < -0.39 is 6.11 Å². The Morgan fingerprint density at radius 3 is 2.67 bits per heavy atom. The molecule has 12 heavy (non-hydrogen) atoms. The number of aryl methyl sites for hydroxylation is 1. The van der Waals surface area contributed by atoms with Crippen LogP contribution in [-0.4, -0.2) is 11.1 Å². The highest BCUT2D eigenvalue weighted by Crippen LogP contribution is 2.22. The highest BCUT2D eigenvalue weighted by Gasteiger charge is 2.23. The highest BCUT2D eigenvalue weighted by atomic mass is 19.3. The summed E-state index contributed by atoms with van der Waals surface area (Å²) in [5.41, 5.74) is 0.457. The molecule has 0 N–H and O–H groups in total. The van der Waals surface area contributed by atoms with Crippen LogP contribution in [0, 0.1) is 6.92 Å². The van der Waals surface area contributed by atoms with Crippen LogP contribution in [0.1, 0.15) is 12.6 Å². The van der Waals surface area contributed by atoms with Crippen LogP contribution in [0.4, 0.5) is 8.78 Å². The first kappa shape index (κ1) is 8.90. The highest BCUT2D eigenvalue weighted by molar-refractivity contribution is 5.25. The van der Waals surface area contributed by atoms with Crippen molar-refractivity contribution in [1.29, 1.82) is 0 Å². The van der Waals surface area contributed by atoms with Crippen molar-refractivity contribution in [3.63, 3.8) is 0 Å². The minimum Gasteiger partial charge on any atom is -0.431 e. The Kier molecular flexibility index (Phi) is 2.26. The number of pyridine rings is 1. The molecule has 1 aromatic rings. The Morgan fingerprint density at radius 1 is 1.50 bits per heavy atom. The van der Waals surface area contributed by atoms with Gasteiger partial charge in [-0.15, -0.1) is 0 Å². The molecule has 1 aromatic heterocycles. The second-order valence-electron chi connectivity index (χ2n) is 2.50. The van der Waals surface area contributed by atoms with Crippen LogP contribution in [-0.2, 0) is 0 Å². The Labute approximate surface area is 69.2 Å². The Balaban J connectivity index is 2.83. The lowest BCUT2D eigenvalue weighted by Gasteiger charge is -2.13. The fourth-order valence-electron chi connectivity index (χ4n) is 0.770. The van der Waals surface area contributed by atoms with Gasteiger partial charge in [0.05, 0.1) is 5.69 Å². The molecule has 0 unspecified atom stereocenters. The molecule has 0 saturated carbocycles. The number of alkyl halides is 2. The van der Waals surface area contributed by atoms with Gasteiger partial charge in [0.2, 0.25) is 0 Å². The lowest BCUT2D eigenvalue weighted by atomic mass is 10.3. The number of halogens is 2. The summed E-state index contributed by atoms with van der Waals surface area (Å²) in [6, 6.07) is 3.01. The number of rotatable bonds is 2. The van der Waals surface area contributed by atoms with E-state index in [1.54, 1.807) is 13.0 Å². The molecule has 0 saturated heterocycles. The fraction of sp³-hybridized carbons (Fsp3) is 0.375. The molecule has 0 amide bonds. The first-order valence-electron chi connectivity index (χ1n) is 3.47. The van der Waals surface area contributed by atoms with Gasteiger partial charge in [0.15, 0.2) is 0 Å². The average Bonchev–Trinajstić information content (AvgIpc) is 1.91. The summed E-state index contributed by atoms with van der Waals surface area (Å²) in [4.78, 5) is 3.80. The van der Waals surface area contributed by atoms with Gasteiger partial charge in [0.1, 0.15) is 5.75 Å². The second kappa shape index (κ2) is 3.05. The fourth-order valence-corrected chi connectivity index (χ4v) is 0.770. The van der Waals surface area contributed by atoms with Gasteiger partial charge in [0, 0.05) is 13.1 Å². The largest absolute Gasteiger partial charge is 0.431 e. The van der Waals surface area contributed by atoms with E-state index in [0.29, 0.717) is 12.6 Å². The van der Waals surface area contributed by atoms with Crippen LogP contribution in [0.25, 0.3) is 0 Å². The average molecular weight is 173 g/mol. The van der Waals surface area contributed by atoms with E-state index in [9.17, 15) is 8.78 Å². The molecule has 0 aliphatic rings. The second-order valence-corrected chi connectivity index (χ2v) is 2.50. The van der Waals surface area contributed by atoms with Gasteiger partial charge in [-0.25, -0.2) is 0 Å². The smallest absolute Gasteiger partial charge is 0.394 e. The van der Waals surface area contributed by atoms with E-state index >= 15 is 0 Å². The molecule has 0 aliphatic carbocycles. The van der Waals surface area contributed by atoms with Gasteiger partial charge in [-0.1, -0.05) is 0 Å². The normalized spacial score (nSPS) is 11.3. The van der Waals surface area contributed by atoms with Crippen LogP contribution in [0.5, 0.6) is 5.75 Å². The number of aromatic nitrogens is 1. The van der Waals surface area contributed by atoms with Gasteiger partial charge >= 0.3 is 6.11 Å². The molecule has 0 bridgehead atoms. The minimum absolute atomic E-state index is 0.116. The summed E-state index contributed by atoms with van der Waals surface area (Å²) in [7, 11) is 0. The predicted molar refractivity (Wildman–Crippen MR) is 40.2 cm³/mol. The summed E-state index contributed by atoms with van der Waals surface area (Å²) in [5.74, 6) is 0.116. The van der Waals surface area contributed by atoms with E-state index in [2.05, 4.69) is 9.72 Å². The maximum atomic E-state index is 12.3. The van der Waals surface area contributed by atoms with Crippen molar-refractivity contribution in [1.82, 2.24) is 4.98 Å². The van der Waals surface area contributed by atoms with E-state index in [0.717, 1.165) is 0 Å². The zero-order valence-corrected chi connectivity index (χ0v) is 6.84. The SMILES string of the molecule is Cc1ncccc1OC(C)(F)F. The first-order valence-corrected chi connectivity index (χ1v) is 3.47. The van der Waals surface area contributed by atoms with Crippen molar-refractivity contribution in [2.75, 3.05) is 0 Å². The maximum absolute atomic E-state index is 12.3. The molecule has 4 heteroatoms. The summed E-state index contributed by atoms with van der Waals surface area (Å²) in [5, 5.41) is 0. The third-order valence-electron chi connectivity index (χ3n) is 1.25. The van der Waals surface area contributed by atoms with Gasteiger partial charge in [0.25, 0.3) is 0 Å². The van der Waals surface area contributed by atoms with Gasteiger partial charge in [-0.05, 0) is 19.1 Å². The quantitative estimate of drug-likeness (QED) is 0.685. The first-order chi connectivity index (χ1) is 5.49. The van der Waals surface area contributed by atoms with Crippen molar-refractivity contribution in [3.05, 3.63) is 24.0 Å². The maximum Gasteiger partial charge on any atom is 0.394 e. The summed E-state index contributed by atoms with van der Waals surface area (Å²) < 4.78 is 29.0. The van der Waals surface area contributed by atoms with Crippen molar-refractivity contribution in [2.45, 2.75) is 20.0 Å². The molecular weight excluding hydrogens is 164 g/mol. The molecule has 0 radical (unpaired) electrons. The van der Waals surface area contributed by atoms with Crippen LogP contribution in [0.2, 0.25) is 0 Å². The molecule has 0 spiro atoms. The minimum atomic E-state index is -3.15. The molecule has 2 nitrogen and oxygen atoms in total. The summed E-state index contributed by atoms with van der Waals surface area (Å²) in [6.45, 7) is 2.31. The molecule has 1 rings (SSSR count). The Morgan fingerprint density at radius 2 is 2.17 bits per heavy atom. The Hall–Kier alpha value is -1.19. The van der Waals surface area contributed by atoms with Crippen molar-refractivity contribution in [3.8, 4) is 5.75 Å². The van der Waals surface area contributed by atoms with Crippen molar-refractivity contribution < 1.29 is 13.5 Å². The molecule has 0 fully saturated rings. The number of nitrogens with zero attached hydrogens (tertiary/aromatic N) is 1. The van der Waals surface area contributed by atoms with Crippen LogP contribution < -0.4 is 4.74 Å². The van der Waals surface area contributed by atoms with E-state index in [1.165, 1.54) is 12.3 Å². The van der Waals surface area contributed by atoms with E-state index in [1.807, 2.05) is 0 Å². The molecular formula is C8H9F2NO. The molecule has 0 atom stereocenters. The monoisotopic (exact) mass is 173 g/mol. The topological polar surface area (TPSA) is 22.1 Å². The third-order valence-corrected chi connectivity index (χ3v) is 1.25. The van der Waals surface area contributed by atoms with Gasteiger partial charge in [-0.3, -0.25) is 4.98 Å². The van der Waals surface area contributed by atoms with Gasteiger partial charge in [-0.2, -0.15) is 8.78 Å². The van der Waals surface area contributed by atoms with Crippen molar-refractivity contribution in [2.24, 2.45) is 0 Å². The third kappa shape index (κ3) is 2.45. The van der Waals surface area contributed by atoms with Crippen LogP contribution >= 0.6 is 0 Å². The number of ether oxygens (including phenoxy) is 1. The zero-order chi connectivity index (χ0) is 9.19. The predicted octanol–water partition coefficient (Wildman–Crippen LogP) is 2.38. The molecule has 0 aliphatic heterocycles.